The van der Waals surface area contributed by atoms with Gasteiger partial charge in [-0.25, -0.2) is 0 Å². The SMILES string of the molecule is Cc1nnn(C(CCN(C)C)c2ccc(Cl)c(Cl)c2)n1. The molecule has 2 rings (SSSR count). The lowest BCUT2D eigenvalue weighted by Gasteiger charge is -2.19. The first kappa shape index (κ1) is 15.2. The highest BCUT2D eigenvalue weighted by Crippen LogP contribution is 2.28. The topological polar surface area (TPSA) is 46.8 Å². The fourth-order valence-electron chi connectivity index (χ4n) is 1.95. The number of rotatable bonds is 5. The molecule has 1 aromatic carbocycles. The van der Waals surface area contributed by atoms with Gasteiger partial charge in [0, 0.05) is 0 Å². The summed E-state index contributed by atoms with van der Waals surface area (Å²) in [5, 5.41) is 13.4. The van der Waals surface area contributed by atoms with Gasteiger partial charge in [0.1, 0.15) is 0 Å². The zero-order valence-corrected chi connectivity index (χ0v) is 13.2. The quantitative estimate of drug-likeness (QED) is 0.851. The van der Waals surface area contributed by atoms with E-state index in [0.717, 1.165) is 18.5 Å². The van der Waals surface area contributed by atoms with E-state index in [2.05, 4.69) is 20.3 Å². The molecule has 0 aliphatic carbocycles. The first-order valence-corrected chi connectivity index (χ1v) is 7.08. The summed E-state index contributed by atoms with van der Waals surface area (Å²) in [4.78, 5) is 3.76. The maximum Gasteiger partial charge on any atom is 0.171 e. The van der Waals surface area contributed by atoms with E-state index in [4.69, 9.17) is 23.2 Å². The number of nitrogens with zero attached hydrogens (tertiary/aromatic N) is 5. The summed E-state index contributed by atoms with van der Waals surface area (Å²) in [5.41, 5.74) is 1.03. The molecule has 0 fully saturated rings. The van der Waals surface area contributed by atoms with E-state index in [9.17, 15) is 0 Å². The van der Waals surface area contributed by atoms with Gasteiger partial charge < -0.3 is 4.90 Å². The average molecular weight is 314 g/mol. The van der Waals surface area contributed by atoms with Gasteiger partial charge in [0.05, 0.1) is 16.1 Å². The molecule has 5 nitrogen and oxygen atoms in total. The number of hydrogen-bond donors (Lipinski definition) is 0. The van der Waals surface area contributed by atoms with Crippen LogP contribution in [0.5, 0.6) is 0 Å². The standard InChI is InChI=1S/C13H17Cl2N5/c1-9-16-18-20(17-9)13(6-7-19(2)3)10-4-5-11(14)12(15)8-10/h4-5,8,13H,6-7H2,1-3H3. The molecule has 2 aromatic rings. The predicted octanol–water partition coefficient (Wildman–Crippen LogP) is 2.83. The third-order valence-corrected chi connectivity index (χ3v) is 3.72. The van der Waals surface area contributed by atoms with Crippen molar-refractivity contribution >= 4 is 23.2 Å². The van der Waals surface area contributed by atoms with Gasteiger partial charge in [0.2, 0.25) is 0 Å². The maximum absolute atomic E-state index is 6.11. The van der Waals surface area contributed by atoms with Gasteiger partial charge in [-0.3, -0.25) is 0 Å². The smallest absolute Gasteiger partial charge is 0.171 e. The normalized spacial score (nSPS) is 12.9. The Bertz CT molecular complexity index is 582. The highest BCUT2D eigenvalue weighted by atomic mass is 35.5. The van der Waals surface area contributed by atoms with E-state index >= 15 is 0 Å². The summed E-state index contributed by atoms with van der Waals surface area (Å²) in [5.74, 6) is 0.653. The molecule has 0 N–H and O–H groups in total. The Morgan fingerprint density at radius 2 is 2.00 bits per heavy atom. The van der Waals surface area contributed by atoms with E-state index in [1.54, 1.807) is 10.9 Å². The molecule has 0 bridgehead atoms. The molecule has 0 saturated heterocycles. The second-order valence-electron chi connectivity index (χ2n) is 4.94. The van der Waals surface area contributed by atoms with Gasteiger partial charge >= 0.3 is 0 Å². The van der Waals surface area contributed by atoms with Crippen LogP contribution in [0.4, 0.5) is 0 Å². The molecule has 1 atom stereocenters. The molecule has 0 aliphatic rings. The molecule has 1 heterocycles. The molecule has 7 heteroatoms. The Morgan fingerprint density at radius 1 is 1.25 bits per heavy atom. The molecule has 0 amide bonds. The van der Waals surface area contributed by atoms with Crippen LogP contribution in [0.1, 0.15) is 23.9 Å². The fourth-order valence-corrected chi connectivity index (χ4v) is 2.25. The highest BCUT2D eigenvalue weighted by Gasteiger charge is 2.18. The molecule has 1 unspecified atom stereocenters. The lowest BCUT2D eigenvalue weighted by molar-refractivity contribution is 0.339. The number of aromatic nitrogens is 4. The van der Waals surface area contributed by atoms with Gasteiger partial charge in [-0.1, -0.05) is 29.3 Å². The van der Waals surface area contributed by atoms with Gasteiger partial charge in [-0.05, 0) is 56.9 Å². The molecule has 108 valence electrons. The maximum atomic E-state index is 6.11. The lowest BCUT2D eigenvalue weighted by atomic mass is 10.0. The van der Waals surface area contributed by atoms with Crippen LogP contribution in [0.15, 0.2) is 18.2 Å². The zero-order chi connectivity index (χ0) is 14.7. The molecule has 1 aromatic heterocycles. The monoisotopic (exact) mass is 313 g/mol. The van der Waals surface area contributed by atoms with Gasteiger partial charge in [-0.15, -0.1) is 10.2 Å². The number of halogens is 2. The molecular weight excluding hydrogens is 297 g/mol. The van der Waals surface area contributed by atoms with Crippen LogP contribution in [0.2, 0.25) is 10.0 Å². The second-order valence-corrected chi connectivity index (χ2v) is 5.75. The Balaban J connectivity index is 2.32. The summed E-state index contributed by atoms with van der Waals surface area (Å²) in [6, 6.07) is 5.61. The molecule has 0 spiro atoms. The Morgan fingerprint density at radius 3 is 2.55 bits per heavy atom. The highest BCUT2D eigenvalue weighted by molar-refractivity contribution is 6.42. The Hall–Kier alpha value is -1.17. The first-order valence-electron chi connectivity index (χ1n) is 6.33. The van der Waals surface area contributed by atoms with Gasteiger partial charge in [0.15, 0.2) is 5.82 Å². The van der Waals surface area contributed by atoms with Crippen molar-refractivity contribution in [2.24, 2.45) is 0 Å². The van der Waals surface area contributed by atoms with E-state index in [1.807, 2.05) is 33.2 Å². The van der Waals surface area contributed by atoms with Crippen LogP contribution in [0, 0.1) is 6.92 Å². The Kier molecular flexibility index (Phi) is 4.96. The summed E-state index contributed by atoms with van der Waals surface area (Å²) < 4.78 is 0. The van der Waals surface area contributed by atoms with Crippen molar-refractivity contribution < 1.29 is 0 Å². The van der Waals surface area contributed by atoms with Gasteiger partial charge in [-0.2, -0.15) is 4.80 Å². The first-order chi connectivity index (χ1) is 9.47. The van der Waals surface area contributed by atoms with Crippen LogP contribution < -0.4 is 0 Å². The summed E-state index contributed by atoms with van der Waals surface area (Å²) in [7, 11) is 4.07. The third kappa shape index (κ3) is 3.69. The van der Waals surface area contributed by atoms with Crippen LogP contribution in [-0.4, -0.2) is 45.7 Å². The van der Waals surface area contributed by atoms with E-state index in [1.165, 1.54) is 0 Å². The van der Waals surface area contributed by atoms with Crippen molar-refractivity contribution in [2.75, 3.05) is 20.6 Å². The van der Waals surface area contributed by atoms with Crippen LogP contribution >= 0.6 is 23.2 Å². The van der Waals surface area contributed by atoms with Crippen LogP contribution in [0.25, 0.3) is 0 Å². The van der Waals surface area contributed by atoms with Crippen molar-refractivity contribution in [3.63, 3.8) is 0 Å². The van der Waals surface area contributed by atoms with E-state index < -0.39 is 0 Å². The van der Waals surface area contributed by atoms with Crippen molar-refractivity contribution in [3.05, 3.63) is 39.6 Å². The van der Waals surface area contributed by atoms with Crippen LogP contribution in [-0.2, 0) is 0 Å². The predicted molar refractivity (Wildman–Crippen MR) is 80.3 cm³/mol. The molecular formula is C13H17Cl2N5. The molecule has 0 radical (unpaired) electrons. The second kappa shape index (κ2) is 6.52. The fraction of sp³-hybridized carbons (Fsp3) is 0.462. The number of aryl methyl sites for hydroxylation is 1. The minimum Gasteiger partial charge on any atom is -0.309 e. The van der Waals surface area contributed by atoms with E-state index in [-0.39, 0.29) is 6.04 Å². The number of hydrogen-bond acceptors (Lipinski definition) is 4. The van der Waals surface area contributed by atoms with Crippen molar-refractivity contribution in [3.8, 4) is 0 Å². The Labute approximate surface area is 128 Å². The number of benzene rings is 1. The van der Waals surface area contributed by atoms with Crippen molar-refractivity contribution in [2.45, 2.75) is 19.4 Å². The average Bonchev–Trinajstić information content (AvgIpc) is 2.80. The van der Waals surface area contributed by atoms with Crippen molar-refractivity contribution in [1.82, 2.24) is 25.1 Å². The van der Waals surface area contributed by atoms with E-state index in [0.29, 0.717) is 15.9 Å². The minimum absolute atomic E-state index is 0.00614. The minimum atomic E-state index is -0.00614. The van der Waals surface area contributed by atoms with Gasteiger partial charge in [0.25, 0.3) is 0 Å². The summed E-state index contributed by atoms with van der Waals surface area (Å²) in [6.45, 7) is 2.73. The largest absolute Gasteiger partial charge is 0.309 e. The summed E-state index contributed by atoms with van der Waals surface area (Å²) >= 11 is 12.1. The third-order valence-electron chi connectivity index (χ3n) is 2.99. The zero-order valence-electron chi connectivity index (χ0n) is 11.7. The summed E-state index contributed by atoms with van der Waals surface area (Å²) in [6.07, 6.45) is 0.862. The van der Waals surface area contributed by atoms with Crippen LogP contribution in [0.3, 0.4) is 0 Å². The number of tetrazole rings is 1. The molecule has 20 heavy (non-hydrogen) atoms. The lowest BCUT2D eigenvalue weighted by Crippen LogP contribution is -2.21. The van der Waals surface area contributed by atoms with Crippen molar-refractivity contribution in [1.29, 1.82) is 0 Å². The molecule has 0 saturated carbocycles. The molecule has 0 aliphatic heterocycles.